The van der Waals surface area contributed by atoms with Crippen molar-refractivity contribution in [3.05, 3.63) is 29.3 Å². The molecule has 0 aliphatic heterocycles. The maximum atomic E-state index is 11.7. The van der Waals surface area contributed by atoms with Gasteiger partial charge in [-0.1, -0.05) is 12.1 Å². The molecule has 0 aromatic heterocycles. The van der Waals surface area contributed by atoms with Gasteiger partial charge in [-0.3, -0.25) is 4.99 Å². The Bertz CT molecular complexity index is 748. The number of nitrogens with one attached hydrogen (secondary N) is 2. The van der Waals surface area contributed by atoms with Gasteiger partial charge in [0.15, 0.2) is 15.8 Å². The summed E-state index contributed by atoms with van der Waals surface area (Å²) < 4.78 is 23.4. The van der Waals surface area contributed by atoms with E-state index in [2.05, 4.69) is 15.6 Å². The highest BCUT2D eigenvalue weighted by Crippen LogP contribution is 2.60. The van der Waals surface area contributed by atoms with Gasteiger partial charge in [0, 0.05) is 26.4 Å². The van der Waals surface area contributed by atoms with Gasteiger partial charge in [-0.05, 0) is 61.1 Å². The van der Waals surface area contributed by atoms with Crippen LogP contribution in [0.4, 0.5) is 0 Å². The first-order chi connectivity index (χ1) is 11.3. The molecule has 0 saturated heterocycles. The van der Waals surface area contributed by atoms with Crippen molar-refractivity contribution in [2.24, 2.45) is 16.3 Å². The number of guanidine groups is 1. The third-order valence-corrected chi connectivity index (χ3v) is 6.52. The fourth-order valence-electron chi connectivity index (χ4n) is 3.49. The summed E-state index contributed by atoms with van der Waals surface area (Å²) in [4.78, 5) is 4.69. The molecule has 132 valence electrons. The lowest BCUT2D eigenvalue weighted by Crippen LogP contribution is -2.40. The summed E-state index contributed by atoms with van der Waals surface area (Å²) in [6, 6.07) is 5.46. The van der Waals surface area contributed by atoms with E-state index in [0.717, 1.165) is 29.5 Å². The summed E-state index contributed by atoms with van der Waals surface area (Å²) in [7, 11) is -1.38. The van der Waals surface area contributed by atoms with Crippen molar-refractivity contribution in [1.82, 2.24) is 10.6 Å². The maximum Gasteiger partial charge on any atom is 0.191 e. The minimum atomic E-state index is -3.16. The van der Waals surface area contributed by atoms with Gasteiger partial charge in [0.2, 0.25) is 0 Å². The van der Waals surface area contributed by atoms with Gasteiger partial charge in [-0.2, -0.15) is 0 Å². The average Bonchev–Trinajstić information content (AvgIpc) is 3.38. The second kappa shape index (κ2) is 6.39. The molecule has 2 aliphatic rings. The predicted molar refractivity (Wildman–Crippen MR) is 96.9 cm³/mol. The highest BCUT2D eigenvalue weighted by molar-refractivity contribution is 7.90. The molecule has 0 heterocycles. The number of benzene rings is 1. The molecule has 3 rings (SSSR count). The molecular weight excluding hydrogens is 322 g/mol. The molecule has 1 aromatic rings. The van der Waals surface area contributed by atoms with E-state index in [1.165, 1.54) is 31.9 Å². The first kappa shape index (κ1) is 17.3. The van der Waals surface area contributed by atoms with E-state index in [1.54, 1.807) is 13.1 Å². The number of aliphatic imine (C=N–C) groups is 1. The van der Waals surface area contributed by atoms with Gasteiger partial charge in [0.25, 0.3) is 0 Å². The lowest BCUT2D eigenvalue weighted by atomic mass is 10.0. The van der Waals surface area contributed by atoms with Crippen LogP contribution in [0.25, 0.3) is 0 Å². The van der Waals surface area contributed by atoms with E-state index < -0.39 is 9.84 Å². The van der Waals surface area contributed by atoms with Gasteiger partial charge in [0.1, 0.15) is 0 Å². The molecule has 0 amide bonds. The minimum Gasteiger partial charge on any atom is -0.356 e. The molecule has 24 heavy (non-hydrogen) atoms. The van der Waals surface area contributed by atoms with Crippen LogP contribution in [0.2, 0.25) is 0 Å². The molecule has 0 unspecified atom stereocenters. The Kier molecular flexibility index (Phi) is 4.60. The maximum absolute atomic E-state index is 11.7. The topological polar surface area (TPSA) is 70.6 Å². The Morgan fingerprint density at radius 2 is 2.00 bits per heavy atom. The summed E-state index contributed by atoms with van der Waals surface area (Å²) in [5.74, 6) is 1.74. The van der Waals surface area contributed by atoms with E-state index >= 15 is 0 Å². The lowest BCUT2D eigenvalue weighted by molar-refractivity contribution is 0.431. The average molecular weight is 350 g/mol. The Balaban J connectivity index is 1.55. The van der Waals surface area contributed by atoms with Crippen molar-refractivity contribution in [1.29, 1.82) is 0 Å². The van der Waals surface area contributed by atoms with Crippen LogP contribution in [0.15, 0.2) is 28.1 Å². The van der Waals surface area contributed by atoms with Gasteiger partial charge in [-0.25, -0.2) is 8.42 Å². The van der Waals surface area contributed by atoms with Crippen molar-refractivity contribution in [3.63, 3.8) is 0 Å². The number of hydrogen-bond acceptors (Lipinski definition) is 3. The molecule has 2 aliphatic carbocycles. The molecule has 0 spiro atoms. The van der Waals surface area contributed by atoms with Crippen molar-refractivity contribution in [2.45, 2.75) is 44.0 Å². The van der Waals surface area contributed by atoms with Crippen molar-refractivity contribution in [3.8, 4) is 0 Å². The van der Waals surface area contributed by atoms with Crippen LogP contribution in [0, 0.1) is 18.3 Å². The number of sulfone groups is 1. The smallest absolute Gasteiger partial charge is 0.191 e. The second-order valence-electron chi connectivity index (χ2n) is 7.29. The van der Waals surface area contributed by atoms with E-state index in [9.17, 15) is 8.42 Å². The molecule has 5 nitrogen and oxygen atoms in total. The van der Waals surface area contributed by atoms with Gasteiger partial charge < -0.3 is 10.6 Å². The Labute approximate surface area is 144 Å². The zero-order valence-corrected chi connectivity index (χ0v) is 15.5. The van der Waals surface area contributed by atoms with Crippen LogP contribution in [0.5, 0.6) is 0 Å². The highest BCUT2D eigenvalue weighted by atomic mass is 32.2. The molecule has 1 aromatic carbocycles. The Morgan fingerprint density at radius 3 is 2.50 bits per heavy atom. The monoisotopic (exact) mass is 349 g/mol. The summed E-state index contributed by atoms with van der Waals surface area (Å²) in [6.07, 6.45) is 6.70. The number of hydrogen-bond donors (Lipinski definition) is 2. The third-order valence-electron chi connectivity index (χ3n) is 5.27. The zero-order valence-electron chi connectivity index (χ0n) is 14.7. The largest absolute Gasteiger partial charge is 0.356 e. The summed E-state index contributed by atoms with van der Waals surface area (Å²) in [5, 5.41) is 6.78. The van der Waals surface area contributed by atoms with Gasteiger partial charge in [-0.15, -0.1) is 0 Å². The molecule has 0 bridgehead atoms. The first-order valence-electron chi connectivity index (χ1n) is 8.58. The zero-order chi connectivity index (χ0) is 17.4. The molecule has 2 saturated carbocycles. The van der Waals surface area contributed by atoms with E-state index in [0.29, 0.717) is 16.9 Å². The quantitative estimate of drug-likeness (QED) is 0.610. The summed E-state index contributed by atoms with van der Waals surface area (Å²) in [6.45, 7) is 3.46. The van der Waals surface area contributed by atoms with Crippen molar-refractivity contribution in [2.75, 3.05) is 19.8 Å². The van der Waals surface area contributed by atoms with E-state index in [1.807, 2.05) is 19.1 Å². The minimum absolute atomic E-state index is 0.397. The molecule has 0 radical (unpaired) electrons. The van der Waals surface area contributed by atoms with Gasteiger partial charge >= 0.3 is 0 Å². The van der Waals surface area contributed by atoms with Crippen molar-refractivity contribution >= 4 is 15.8 Å². The summed E-state index contributed by atoms with van der Waals surface area (Å²) in [5.41, 5.74) is 2.36. The second-order valence-corrected chi connectivity index (χ2v) is 9.27. The van der Waals surface area contributed by atoms with Gasteiger partial charge in [0.05, 0.1) is 4.90 Å². The van der Waals surface area contributed by atoms with E-state index in [-0.39, 0.29) is 0 Å². The van der Waals surface area contributed by atoms with Crippen LogP contribution >= 0.6 is 0 Å². The Morgan fingerprint density at radius 1 is 1.29 bits per heavy atom. The van der Waals surface area contributed by atoms with Crippen LogP contribution in [-0.2, 0) is 16.4 Å². The Hall–Kier alpha value is -1.56. The number of nitrogens with zero attached hydrogens (tertiary/aromatic N) is 1. The highest BCUT2D eigenvalue weighted by Gasteiger charge is 2.53. The standard InChI is InChI=1S/C18H27N3O2S/c1-13-10-14(4-7-16(13)24(3,22)23)11-20-17(19-2)21-12-18(8-9-18)15-5-6-15/h4,7,10,15H,5-6,8-9,11-12H2,1-3H3,(H2,19,20,21). The van der Waals surface area contributed by atoms with Crippen LogP contribution in [0.3, 0.4) is 0 Å². The SMILES string of the molecule is CN=C(NCc1ccc(S(C)(=O)=O)c(C)c1)NCC1(C2CC2)CC1. The van der Waals surface area contributed by atoms with Crippen LogP contribution in [-0.4, -0.2) is 34.2 Å². The predicted octanol–water partition coefficient (Wildman–Crippen LogP) is 2.25. The van der Waals surface area contributed by atoms with Crippen LogP contribution < -0.4 is 10.6 Å². The molecular formula is C18H27N3O2S. The summed E-state index contributed by atoms with van der Waals surface area (Å²) >= 11 is 0. The van der Waals surface area contributed by atoms with Crippen LogP contribution in [0.1, 0.15) is 36.8 Å². The molecule has 2 N–H and O–H groups in total. The fourth-order valence-corrected chi connectivity index (χ4v) is 4.45. The van der Waals surface area contributed by atoms with E-state index in [4.69, 9.17) is 0 Å². The first-order valence-corrected chi connectivity index (χ1v) is 10.5. The lowest BCUT2D eigenvalue weighted by Gasteiger charge is -2.18. The third kappa shape index (κ3) is 3.91. The molecule has 0 atom stereocenters. The molecule has 6 heteroatoms. The number of aryl methyl sites for hydroxylation is 1. The normalized spacial score (nSPS) is 19.9. The van der Waals surface area contributed by atoms with Crippen molar-refractivity contribution < 1.29 is 8.42 Å². The molecule has 2 fully saturated rings. The number of rotatable bonds is 6. The fraction of sp³-hybridized carbons (Fsp3) is 0.611.